The van der Waals surface area contributed by atoms with Crippen LogP contribution in [0.3, 0.4) is 0 Å². The van der Waals surface area contributed by atoms with Crippen LogP contribution < -0.4 is 9.62 Å². The van der Waals surface area contributed by atoms with E-state index in [4.69, 9.17) is 11.6 Å². The summed E-state index contributed by atoms with van der Waals surface area (Å²) in [7, 11) is -4.03. The molecule has 184 valence electrons. The monoisotopic (exact) mass is 536 g/mol. The number of nitrogens with one attached hydrogen (secondary N) is 1. The Hall–Kier alpha value is -3.26. The van der Waals surface area contributed by atoms with Gasteiger partial charge in [0, 0.05) is 16.3 Å². The second-order valence-corrected chi connectivity index (χ2v) is 11.4. The van der Waals surface area contributed by atoms with Gasteiger partial charge >= 0.3 is 0 Å². The first-order valence-electron chi connectivity index (χ1n) is 11.2. The maximum absolute atomic E-state index is 13.5. The van der Waals surface area contributed by atoms with Crippen molar-refractivity contribution < 1.29 is 13.2 Å². The molecule has 36 heavy (non-hydrogen) atoms. The molecule has 0 atom stereocenters. The minimum atomic E-state index is -4.03. The van der Waals surface area contributed by atoms with E-state index in [0.29, 0.717) is 5.69 Å². The lowest BCUT2D eigenvalue weighted by Crippen LogP contribution is -2.38. The molecule has 4 rings (SSSR count). The van der Waals surface area contributed by atoms with Crippen LogP contribution in [-0.2, 0) is 20.6 Å². The van der Waals surface area contributed by atoms with E-state index in [1.165, 1.54) is 17.0 Å². The molecule has 0 aliphatic rings. The normalized spacial score (nSPS) is 11.2. The van der Waals surface area contributed by atoms with Gasteiger partial charge in [0.1, 0.15) is 6.54 Å². The van der Waals surface area contributed by atoms with Crippen molar-refractivity contribution in [1.82, 2.24) is 0 Å². The summed E-state index contributed by atoms with van der Waals surface area (Å²) < 4.78 is 28.0. The molecule has 0 saturated heterocycles. The largest absolute Gasteiger partial charge is 0.324 e. The number of carbonyl (C=O) groups excluding carboxylic acids is 1. The molecule has 0 unspecified atom stereocenters. The molecule has 1 N–H and O–H groups in total. The minimum Gasteiger partial charge on any atom is -0.324 e. The second kappa shape index (κ2) is 11.6. The van der Waals surface area contributed by atoms with Gasteiger partial charge in [-0.3, -0.25) is 9.10 Å². The number of para-hydroxylation sites is 1. The summed E-state index contributed by atoms with van der Waals surface area (Å²) in [5.74, 6) is 0.332. The Bertz CT molecular complexity index is 1450. The molecule has 8 heteroatoms. The average molecular weight is 537 g/mol. The van der Waals surface area contributed by atoms with Crippen LogP contribution in [0.2, 0.25) is 5.02 Å². The number of sulfonamides is 1. The van der Waals surface area contributed by atoms with Crippen molar-refractivity contribution in [2.24, 2.45) is 0 Å². The first-order valence-corrected chi connectivity index (χ1v) is 14.0. The number of benzene rings is 4. The van der Waals surface area contributed by atoms with E-state index in [1.54, 1.807) is 54.2 Å². The van der Waals surface area contributed by atoms with Crippen molar-refractivity contribution in [3.63, 3.8) is 0 Å². The highest BCUT2D eigenvalue weighted by Gasteiger charge is 2.28. The van der Waals surface area contributed by atoms with Crippen molar-refractivity contribution in [3.8, 4) is 0 Å². The molecule has 0 aliphatic heterocycles. The van der Waals surface area contributed by atoms with Crippen LogP contribution in [0.5, 0.6) is 0 Å². The lowest BCUT2D eigenvalue weighted by Gasteiger charge is -2.25. The lowest BCUT2D eigenvalue weighted by atomic mass is 10.1. The molecule has 0 heterocycles. The van der Waals surface area contributed by atoms with Gasteiger partial charge in [-0.1, -0.05) is 72.3 Å². The van der Waals surface area contributed by atoms with Gasteiger partial charge in [-0.2, -0.15) is 0 Å². The molecule has 0 aliphatic carbocycles. The van der Waals surface area contributed by atoms with Gasteiger partial charge in [0.05, 0.1) is 15.6 Å². The van der Waals surface area contributed by atoms with Crippen LogP contribution in [0.4, 0.5) is 11.4 Å². The smallest absolute Gasteiger partial charge is 0.264 e. The van der Waals surface area contributed by atoms with Crippen LogP contribution in [0, 0.1) is 6.92 Å². The summed E-state index contributed by atoms with van der Waals surface area (Å²) >= 11 is 8.07. The molecule has 0 spiro atoms. The Balaban J connectivity index is 1.52. The molecule has 0 fully saturated rings. The molecular weight excluding hydrogens is 512 g/mol. The molecule has 0 saturated carbocycles. The number of hydrogen-bond acceptors (Lipinski definition) is 4. The van der Waals surface area contributed by atoms with E-state index >= 15 is 0 Å². The van der Waals surface area contributed by atoms with Gasteiger partial charge < -0.3 is 5.32 Å². The van der Waals surface area contributed by atoms with E-state index in [9.17, 15) is 13.2 Å². The topological polar surface area (TPSA) is 66.5 Å². The standard InChI is InChI=1S/C28H25ClN2O3S2/c1-21-18-22(20-35-23-10-4-2-5-11-23)16-17-26(21)30-28(32)19-31(27-15-9-8-14-25(27)29)36(33,34)24-12-6-3-7-13-24/h2-18H,19-20H2,1H3,(H,30,32). The average Bonchev–Trinajstić information content (AvgIpc) is 2.89. The molecular formula is C28H25ClN2O3S2. The SMILES string of the molecule is Cc1cc(CSc2ccccc2)ccc1NC(=O)CN(c1ccccc1Cl)S(=O)(=O)c1ccccc1. The molecule has 0 aromatic heterocycles. The van der Waals surface area contributed by atoms with E-state index in [2.05, 4.69) is 17.4 Å². The second-order valence-electron chi connectivity index (χ2n) is 8.08. The van der Waals surface area contributed by atoms with Gasteiger partial charge in [-0.05, 0) is 60.5 Å². The third kappa shape index (κ3) is 6.29. The predicted molar refractivity (Wildman–Crippen MR) is 148 cm³/mol. The van der Waals surface area contributed by atoms with Crippen LogP contribution >= 0.6 is 23.4 Å². The summed E-state index contributed by atoms with van der Waals surface area (Å²) in [5, 5.41) is 3.10. The van der Waals surface area contributed by atoms with Crippen LogP contribution in [0.25, 0.3) is 0 Å². The van der Waals surface area contributed by atoms with Crippen molar-refractivity contribution in [2.75, 3.05) is 16.2 Å². The number of carbonyl (C=O) groups is 1. The fourth-order valence-electron chi connectivity index (χ4n) is 3.63. The number of nitrogens with zero attached hydrogens (tertiary/aromatic N) is 1. The first kappa shape index (κ1) is 25.8. The minimum absolute atomic E-state index is 0.0779. The molecule has 0 radical (unpaired) electrons. The zero-order chi connectivity index (χ0) is 25.5. The van der Waals surface area contributed by atoms with Crippen molar-refractivity contribution in [1.29, 1.82) is 0 Å². The summed E-state index contributed by atoms with van der Waals surface area (Å²) in [4.78, 5) is 14.3. The van der Waals surface area contributed by atoms with Gasteiger partial charge in [-0.25, -0.2) is 8.42 Å². The third-order valence-corrected chi connectivity index (χ3v) is 8.63. The van der Waals surface area contributed by atoms with Crippen LogP contribution in [0.15, 0.2) is 113 Å². The molecule has 5 nitrogen and oxygen atoms in total. The molecule has 0 bridgehead atoms. The summed E-state index contributed by atoms with van der Waals surface area (Å²) in [5.41, 5.74) is 2.89. The zero-order valence-corrected chi connectivity index (χ0v) is 22.0. The molecule has 1 amide bonds. The number of hydrogen-bond donors (Lipinski definition) is 1. The quantitative estimate of drug-likeness (QED) is 0.240. The van der Waals surface area contributed by atoms with Crippen molar-refractivity contribution in [3.05, 3.63) is 119 Å². The Morgan fingerprint density at radius 3 is 2.19 bits per heavy atom. The Labute approximate surface area is 221 Å². The Morgan fingerprint density at radius 1 is 0.889 bits per heavy atom. The number of thioether (sulfide) groups is 1. The third-order valence-electron chi connectivity index (χ3n) is 5.45. The number of aryl methyl sites for hydroxylation is 1. The molecule has 4 aromatic carbocycles. The fourth-order valence-corrected chi connectivity index (χ4v) is 6.24. The maximum Gasteiger partial charge on any atom is 0.264 e. The Kier molecular flexibility index (Phi) is 8.36. The highest BCUT2D eigenvalue weighted by molar-refractivity contribution is 7.98. The van der Waals surface area contributed by atoms with E-state index < -0.39 is 22.5 Å². The number of anilines is 2. The number of halogens is 1. The van der Waals surface area contributed by atoms with Crippen LogP contribution in [0.1, 0.15) is 11.1 Å². The van der Waals surface area contributed by atoms with Crippen LogP contribution in [-0.4, -0.2) is 20.9 Å². The summed E-state index contributed by atoms with van der Waals surface area (Å²) in [6, 6.07) is 30.6. The first-order chi connectivity index (χ1) is 17.3. The Morgan fingerprint density at radius 2 is 1.53 bits per heavy atom. The lowest BCUT2D eigenvalue weighted by molar-refractivity contribution is -0.114. The zero-order valence-electron chi connectivity index (χ0n) is 19.6. The highest BCUT2D eigenvalue weighted by Crippen LogP contribution is 2.30. The van der Waals surface area contributed by atoms with Gasteiger partial charge in [-0.15, -0.1) is 11.8 Å². The summed E-state index contributed by atoms with van der Waals surface area (Å²) in [6.07, 6.45) is 0. The van der Waals surface area contributed by atoms with Gasteiger partial charge in [0.2, 0.25) is 5.91 Å². The van der Waals surface area contributed by atoms with E-state index in [0.717, 1.165) is 21.2 Å². The van der Waals surface area contributed by atoms with E-state index in [-0.39, 0.29) is 15.6 Å². The van der Waals surface area contributed by atoms with Crippen molar-refractivity contribution in [2.45, 2.75) is 22.5 Å². The van der Waals surface area contributed by atoms with E-state index in [1.807, 2.05) is 43.3 Å². The summed E-state index contributed by atoms with van der Waals surface area (Å²) in [6.45, 7) is 1.49. The van der Waals surface area contributed by atoms with Gasteiger partial charge in [0.25, 0.3) is 10.0 Å². The molecule has 4 aromatic rings. The fraction of sp³-hybridized carbons (Fsp3) is 0.107. The predicted octanol–water partition coefficient (Wildman–Crippen LogP) is 6.77. The number of amides is 1. The highest BCUT2D eigenvalue weighted by atomic mass is 35.5. The van der Waals surface area contributed by atoms with Gasteiger partial charge in [0.15, 0.2) is 0 Å². The number of rotatable bonds is 9. The maximum atomic E-state index is 13.5. The van der Waals surface area contributed by atoms with Crippen molar-refractivity contribution >= 4 is 50.7 Å².